The summed E-state index contributed by atoms with van der Waals surface area (Å²) in [7, 11) is 0. The standard InChI is InChI=1S/C17H26N2O2/c1-3-18-16(15-12-19(4-2)9-11-20-15)14-7-5-6-13-8-10-21-17(13)14/h5-7,15-16,18H,3-4,8-12H2,1-2H3. The van der Waals surface area contributed by atoms with E-state index in [2.05, 4.69) is 42.3 Å². The third-order valence-electron chi connectivity index (χ3n) is 4.50. The predicted molar refractivity (Wildman–Crippen MR) is 83.9 cm³/mol. The number of rotatable bonds is 5. The maximum absolute atomic E-state index is 6.08. The Morgan fingerprint density at radius 3 is 3.05 bits per heavy atom. The highest BCUT2D eigenvalue weighted by atomic mass is 16.5. The van der Waals surface area contributed by atoms with Crippen LogP contribution in [0.15, 0.2) is 18.2 Å². The second-order valence-corrected chi connectivity index (χ2v) is 5.77. The molecular weight excluding hydrogens is 264 g/mol. The Balaban J connectivity index is 1.86. The van der Waals surface area contributed by atoms with Gasteiger partial charge in [0.1, 0.15) is 5.75 Å². The van der Waals surface area contributed by atoms with Crippen LogP contribution in [0, 0.1) is 0 Å². The van der Waals surface area contributed by atoms with E-state index in [9.17, 15) is 0 Å². The van der Waals surface area contributed by atoms with Gasteiger partial charge >= 0.3 is 0 Å². The van der Waals surface area contributed by atoms with Crippen molar-refractivity contribution in [1.82, 2.24) is 10.2 Å². The minimum atomic E-state index is 0.189. The number of para-hydroxylation sites is 1. The minimum absolute atomic E-state index is 0.189. The molecule has 2 unspecified atom stereocenters. The van der Waals surface area contributed by atoms with Crippen LogP contribution in [0.3, 0.4) is 0 Å². The van der Waals surface area contributed by atoms with Gasteiger partial charge < -0.3 is 14.8 Å². The molecule has 2 heterocycles. The van der Waals surface area contributed by atoms with Crippen molar-refractivity contribution in [2.45, 2.75) is 32.4 Å². The molecule has 0 radical (unpaired) electrons. The molecule has 1 fully saturated rings. The number of ether oxygens (including phenoxy) is 2. The summed E-state index contributed by atoms with van der Waals surface area (Å²) in [6, 6.07) is 6.71. The number of fused-ring (bicyclic) bond motifs is 1. The molecule has 0 aliphatic carbocycles. The van der Waals surface area contributed by atoms with Gasteiger partial charge in [0.25, 0.3) is 0 Å². The van der Waals surface area contributed by atoms with Crippen LogP contribution < -0.4 is 10.1 Å². The van der Waals surface area contributed by atoms with Crippen molar-refractivity contribution in [3.63, 3.8) is 0 Å². The van der Waals surface area contributed by atoms with Gasteiger partial charge in [-0.1, -0.05) is 32.0 Å². The van der Waals surface area contributed by atoms with Crippen molar-refractivity contribution < 1.29 is 9.47 Å². The fourth-order valence-electron chi connectivity index (χ4n) is 3.37. The molecule has 2 aliphatic rings. The van der Waals surface area contributed by atoms with Crippen LogP contribution in [0.1, 0.15) is 31.0 Å². The topological polar surface area (TPSA) is 33.7 Å². The van der Waals surface area contributed by atoms with E-state index in [-0.39, 0.29) is 12.1 Å². The monoisotopic (exact) mass is 290 g/mol. The van der Waals surface area contributed by atoms with Gasteiger partial charge in [-0.15, -0.1) is 0 Å². The second-order valence-electron chi connectivity index (χ2n) is 5.77. The molecule has 0 saturated carbocycles. The maximum atomic E-state index is 6.08. The SMILES string of the molecule is CCNC(c1cccc2c1OCC2)C1CN(CC)CCO1. The van der Waals surface area contributed by atoms with Crippen molar-refractivity contribution in [2.24, 2.45) is 0 Å². The lowest BCUT2D eigenvalue weighted by molar-refractivity contribution is -0.0456. The highest BCUT2D eigenvalue weighted by Gasteiger charge is 2.31. The van der Waals surface area contributed by atoms with E-state index in [1.807, 2.05) is 0 Å². The lowest BCUT2D eigenvalue weighted by Gasteiger charge is -2.37. The number of benzene rings is 1. The first-order valence-electron chi connectivity index (χ1n) is 8.15. The van der Waals surface area contributed by atoms with Crippen LogP contribution in [0.4, 0.5) is 0 Å². The number of hydrogen-bond donors (Lipinski definition) is 1. The zero-order valence-corrected chi connectivity index (χ0v) is 13.1. The molecular formula is C17H26N2O2. The summed E-state index contributed by atoms with van der Waals surface area (Å²) in [4.78, 5) is 2.46. The summed E-state index contributed by atoms with van der Waals surface area (Å²) in [6.45, 7) is 10.0. The van der Waals surface area contributed by atoms with E-state index in [1.54, 1.807) is 0 Å². The molecule has 116 valence electrons. The zero-order chi connectivity index (χ0) is 14.7. The smallest absolute Gasteiger partial charge is 0.127 e. The number of nitrogens with zero attached hydrogens (tertiary/aromatic N) is 1. The Hall–Kier alpha value is -1.10. The Labute approximate surface area is 127 Å². The van der Waals surface area contributed by atoms with E-state index >= 15 is 0 Å². The van der Waals surface area contributed by atoms with Gasteiger partial charge in [0.05, 0.1) is 25.4 Å². The fraction of sp³-hybridized carbons (Fsp3) is 0.647. The number of nitrogens with one attached hydrogen (secondary N) is 1. The predicted octanol–water partition coefficient (Wildman–Crippen LogP) is 1.99. The summed E-state index contributed by atoms with van der Waals surface area (Å²) in [5, 5.41) is 3.61. The Bertz CT molecular complexity index is 478. The van der Waals surface area contributed by atoms with Crippen molar-refractivity contribution in [3.8, 4) is 5.75 Å². The van der Waals surface area contributed by atoms with Gasteiger partial charge in [-0.2, -0.15) is 0 Å². The molecule has 4 nitrogen and oxygen atoms in total. The molecule has 0 amide bonds. The molecule has 1 saturated heterocycles. The van der Waals surface area contributed by atoms with Gasteiger partial charge in [-0.25, -0.2) is 0 Å². The van der Waals surface area contributed by atoms with Crippen LogP contribution in [0.5, 0.6) is 5.75 Å². The highest BCUT2D eigenvalue weighted by Crippen LogP contribution is 2.36. The van der Waals surface area contributed by atoms with Crippen molar-refractivity contribution in [1.29, 1.82) is 0 Å². The lowest BCUT2D eigenvalue weighted by atomic mass is 9.96. The van der Waals surface area contributed by atoms with Crippen LogP contribution in [-0.4, -0.2) is 50.4 Å². The Morgan fingerprint density at radius 2 is 2.24 bits per heavy atom. The van der Waals surface area contributed by atoms with E-state index in [0.717, 1.165) is 51.6 Å². The van der Waals surface area contributed by atoms with E-state index in [1.165, 1.54) is 11.1 Å². The minimum Gasteiger partial charge on any atom is -0.493 e. The molecule has 1 N–H and O–H groups in total. The first-order chi connectivity index (χ1) is 10.3. The molecule has 21 heavy (non-hydrogen) atoms. The van der Waals surface area contributed by atoms with Crippen molar-refractivity contribution in [3.05, 3.63) is 29.3 Å². The van der Waals surface area contributed by atoms with Crippen molar-refractivity contribution in [2.75, 3.05) is 39.4 Å². The summed E-state index contributed by atoms with van der Waals surface area (Å²) in [5.41, 5.74) is 2.59. The molecule has 1 aromatic rings. The fourth-order valence-corrected chi connectivity index (χ4v) is 3.37. The summed E-state index contributed by atoms with van der Waals surface area (Å²) in [5.74, 6) is 1.08. The second kappa shape index (κ2) is 6.77. The van der Waals surface area contributed by atoms with Gasteiger partial charge in [-0.3, -0.25) is 4.90 Å². The van der Waals surface area contributed by atoms with E-state index in [0.29, 0.717) is 0 Å². The zero-order valence-electron chi connectivity index (χ0n) is 13.1. The van der Waals surface area contributed by atoms with Gasteiger partial charge in [-0.05, 0) is 18.7 Å². The third-order valence-corrected chi connectivity index (χ3v) is 4.50. The largest absolute Gasteiger partial charge is 0.493 e. The quantitative estimate of drug-likeness (QED) is 0.899. The van der Waals surface area contributed by atoms with Gasteiger partial charge in [0.15, 0.2) is 0 Å². The van der Waals surface area contributed by atoms with E-state index < -0.39 is 0 Å². The van der Waals surface area contributed by atoms with Crippen LogP contribution >= 0.6 is 0 Å². The normalized spacial score (nSPS) is 23.6. The third kappa shape index (κ3) is 3.07. The number of hydrogen-bond acceptors (Lipinski definition) is 4. The molecule has 1 aromatic carbocycles. The molecule has 0 aromatic heterocycles. The average Bonchev–Trinajstić information content (AvgIpc) is 3.01. The van der Waals surface area contributed by atoms with Crippen LogP contribution in [0.2, 0.25) is 0 Å². The molecule has 2 aliphatic heterocycles. The molecule has 0 bridgehead atoms. The number of likely N-dealkylation sites (N-methyl/N-ethyl adjacent to an activating group) is 2. The van der Waals surface area contributed by atoms with Gasteiger partial charge in [0.2, 0.25) is 0 Å². The van der Waals surface area contributed by atoms with Crippen LogP contribution in [0.25, 0.3) is 0 Å². The van der Waals surface area contributed by atoms with Crippen molar-refractivity contribution >= 4 is 0 Å². The Morgan fingerprint density at radius 1 is 1.33 bits per heavy atom. The summed E-state index contributed by atoms with van der Waals surface area (Å²) < 4.78 is 12.0. The Kier molecular flexibility index (Phi) is 4.78. The molecule has 0 spiro atoms. The molecule has 3 rings (SSSR count). The van der Waals surface area contributed by atoms with Gasteiger partial charge in [0, 0.05) is 25.1 Å². The van der Waals surface area contributed by atoms with Crippen LogP contribution in [-0.2, 0) is 11.2 Å². The maximum Gasteiger partial charge on any atom is 0.127 e. The summed E-state index contributed by atoms with van der Waals surface area (Å²) >= 11 is 0. The summed E-state index contributed by atoms with van der Waals surface area (Å²) in [6.07, 6.45) is 1.21. The average molecular weight is 290 g/mol. The highest BCUT2D eigenvalue weighted by molar-refractivity contribution is 5.46. The molecule has 2 atom stereocenters. The molecule has 4 heteroatoms. The van der Waals surface area contributed by atoms with E-state index in [4.69, 9.17) is 9.47 Å². The first kappa shape index (κ1) is 14.8. The number of morpholine rings is 1. The first-order valence-corrected chi connectivity index (χ1v) is 8.15. The lowest BCUT2D eigenvalue weighted by Crippen LogP contribution is -2.48.